The molecule has 1 aromatic rings. The maximum Gasteiger partial charge on any atom is 0.276 e. The summed E-state index contributed by atoms with van der Waals surface area (Å²) < 4.78 is 10.7. The Kier molecular flexibility index (Phi) is 6.91. The summed E-state index contributed by atoms with van der Waals surface area (Å²) >= 11 is 5.05. The molecule has 0 bridgehead atoms. The lowest BCUT2D eigenvalue weighted by molar-refractivity contribution is -0.123. The summed E-state index contributed by atoms with van der Waals surface area (Å²) in [5.41, 5.74) is 4.91. The van der Waals surface area contributed by atoms with Gasteiger partial charge in [0.05, 0.1) is 6.61 Å². The SMILES string of the molecule is CCOc1ccc(OCC(=O)NNC(=S)NC(C)(C)C)cc1. The van der Waals surface area contributed by atoms with E-state index in [0.29, 0.717) is 17.5 Å². The van der Waals surface area contributed by atoms with Crippen LogP contribution in [0.4, 0.5) is 0 Å². The van der Waals surface area contributed by atoms with E-state index in [0.717, 1.165) is 5.75 Å². The minimum Gasteiger partial charge on any atom is -0.494 e. The zero-order chi connectivity index (χ0) is 16.6. The van der Waals surface area contributed by atoms with Gasteiger partial charge in [-0.25, -0.2) is 0 Å². The maximum atomic E-state index is 11.6. The molecule has 6 nitrogen and oxygen atoms in total. The number of carbonyl (C=O) groups is 1. The Labute approximate surface area is 136 Å². The molecule has 22 heavy (non-hydrogen) atoms. The normalized spacial score (nSPS) is 10.5. The Morgan fingerprint density at radius 2 is 1.64 bits per heavy atom. The summed E-state index contributed by atoms with van der Waals surface area (Å²) in [4.78, 5) is 11.6. The third-order valence-electron chi connectivity index (χ3n) is 2.31. The van der Waals surface area contributed by atoms with Crippen LogP contribution in [0.3, 0.4) is 0 Å². The summed E-state index contributed by atoms with van der Waals surface area (Å²) in [5.74, 6) is 1.03. The van der Waals surface area contributed by atoms with Crippen LogP contribution in [0.5, 0.6) is 11.5 Å². The van der Waals surface area contributed by atoms with Gasteiger partial charge < -0.3 is 14.8 Å². The van der Waals surface area contributed by atoms with Crippen molar-refractivity contribution in [3.8, 4) is 11.5 Å². The molecule has 0 aliphatic heterocycles. The van der Waals surface area contributed by atoms with Crippen LogP contribution in [-0.4, -0.2) is 29.8 Å². The molecule has 1 aromatic carbocycles. The molecule has 0 saturated carbocycles. The first-order valence-corrected chi connectivity index (χ1v) is 7.43. The quantitative estimate of drug-likeness (QED) is 0.566. The average Bonchev–Trinajstić information content (AvgIpc) is 2.43. The van der Waals surface area contributed by atoms with Gasteiger partial charge in [0, 0.05) is 5.54 Å². The molecule has 1 amide bonds. The molecule has 3 N–H and O–H groups in total. The summed E-state index contributed by atoms with van der Waals surface area (Å²) in [6.07, 6.45) is 0. The van der Waals surface area contributed by atoms with Gasteiger partial charge in [-0.05, 0) is 64.2 Å². The van der Waals surface area contributed by atoms with Crippen molar-refractivity contribution < 1.29 is 14.3 Å². The zero-order valence-electron chi connectivity index (χ0n) is 13.4. The molecule has 0 unspecified atom stereocenters. The molecule has 0 spiro atoms. The predicted octanol–water partition coefficient (Wildman–Crippen LogP) is 1.76. The molecule has 1 rings (SSSR count). The number of thiocarbonyl (C=S) groups is 1. The third kappa shape index (κ3) is 7.68. The second-order valence-corrected chi connectivity index (χ2v) is 5.98. The molecule has 0 saturated heterocycles. The lowest BCUT2D eigenvalue weighted by atomic mass is 10.1. The van der Waals surface area contributed by atoms with Gasteiger partial charge in [-0.2, -0.15) is 0 Å². The van der Waals surface area contributed by atoms with Crippen molar-refractivity contribution in [1.29, 1.82) is 0 Å². The van der Waals surface area contributed by atoms with Gasteiger partial charge in [0.2, 0.25) is 0 Å². The first-order chi connectivity index (χ1) is 10.3. The molecule has 7 heteroatoms. The fourth-order valence-corrected chi connectivity index (χ4v) is 1.84. The number of benzene rings is 1. The summed E-state index contributed by atoms with van der Waals surface area (Å²) in [5, 5.41) is 3.37. The van der Waals surface area contributed by atoms with Crippen LogP contribution in [0.15, 0.2) is 24.3 Å². The molecule has 0 atom stereocenters. The first kappa shape index (κ1) is 18.0. The standard InChI is InChI=1S/C15H23N3O3S/c1-5-20-11-6-8-12(9-7-11)21-10-13(19)17-18-14(22)16-15(2,3)4/h6-9H,5,10H2,1-4H3,(H,17,19)(H2,16,18,22). The maximum absolute atomic E-state index is 11.6. The van der Waals surface area contributed by atoms with Crippen molar-refractivity contribution in [2.45, 2.75) is 33.2 Å². The highest BCUT2D eigenvalue weighted by molar-refractivity contribution is 7.80. The van der Waals surface area contributed by atoms with Gasteiger partial charge in [0.15, 0.2) is 11.7 Å². The number of ether oxygens (including phenoxy) is 2. The number of hydrogen-bond acceptors (Lipinski definition) is 4. The van der Waals surface area contributed by atoms with Crippen LogP contribution in [0.1, 0.15) is 27.7 Å². The summed E-state index contributed by atoms with van der Waals surface area (Å²) in [6, 6.07) is 7.07. The smallest absolute Gasteiger partial charge is 0.276 e. The van der Waals surface area contributed by atoms with Crippen LogP contribution in [0, 0.1) is 0 Å². The van der Waals surface area contributed by atoms with Gasteiger partial charge in [-0.15, -0.1) is 0 Å². The summed E-state index contributed by atoms with van der Waals surface area (Å²) in [6.45, 7) is 8.32. The van der Waals surface area contributed by atoms with Crippen molar-refractivity contribution in [1.82, 2.24) is 16.2 Å². The monoisotopic (exact) mass is 325 g/mol. The minimum absolute atomic E-state index is 0.112. The van der Waals surface area contributed by atoms with Crippen molar-refractivity contribution in [3.05, 3.63) is 24.3 Å². The van der Waals surface area contributed by atoms with Crippen LogP contribution in [0.25, 0.3) is 0 Å². The van der Waals surface area contributed by atoms with Crippen LogP contribution in [0.2, 0.25) is 0 Å². The average molecular weight is 325 g/mol. The van der Waals surface area contributed by atoms with Crippen LogP contribution < -0.4 is 25.6 Å². The van der Waals surface area contributed by atoms with Gasteiger partial charge >= 0.3 is 0 Å². The van der Waals surface area contributed by atoms with Crippen molar-refractivity contribution >= 4 is 23.2 Å². The Morgan fingerprint density at radius 3 is 2.14 bits per heavy atom. The number of amides is 1. The molecular weight excluding hydrogens is 302 g/mol. The van der Waals surface area contributed by atoms with E-state index in [9.17, 15) is 4.79 Å². The number of hydrazine groups is 1. The number of carbonyl (C=O) groups excluding carboxylic acids is 1. The van der Waals surface area contributed by atoms with Crippen molar-refractivity contribution in [2.24, 2.45) is 0 Å². The van der Waals surface area contributed by atoms with E-state index < -0.39 is 0 Å². The number of hydrogen-bond donors (Lipinski definition) is 3. The lowest BCUT2D eigenvalue weighted by Crippen LogP contribution is -2.52. The van der Waals surface area contributed by atoms with Crippen molar-refractivity contribution in [3.63, 3.8) is 0 Å². The van der Waals surface area contributed by atoms with E-state index in [-0.39, 0.29) is 18.1 Å². The third-order valence-corrected chi connectivity index (χ3v) is 2.51. The van der Waals surface area contributed by atoms with Gasteiger partial charge in [-0.3, -0.25) is 15.6 Å². The van der Waals surface area contributed by atoms with E-state index in [2.05, 4.69) is 16.2 Å². The molecular formula is C15H23N3O3S. The lowest BCUT2D eigenvalue weighted by Gasteiger charge is -2.23. The van der Waals surface area contributed by atoms with E-state index in [1.807, 2.05) is 27.7 Å². The molecule has 0 aliphatic rings. The van der Waals surface area contributed by atoms with E-state index in [4.69, 9.17) is 21.7 Å². The topological polar surface area (TPSA) is 71.6 Å². The number of rotatable bonds is 5. The second-order valence-electron chi connectivity index (χ2n) is 5.57. The Balaban J connectivity index is 2.29. The molecule has 0 fully saturated rings. The van der Waals surface area contributed by atoms with E-state index >= 15 is 0 Å². The van der Waals surface area contributed by atoms with Crippen LogP contribution in [-0.2, 0) is 4.79 Å². The highest BCUT2D eigenvalue weighted by Crippen LogP contribution is 2.17. The fourth-order valence-electron chi connectivity index (χ4n) is 1.48. The molecule has 0 aromatic heterocycles. The Morgan fingerprint density at radius 1 is 1.09 bits per heavy atom. The second kappa shape index (κ2) is 8.43. The van der Waals surface area contributed by atoms with Crippen molar-refractivity contribution in [2.75, 3.05) is 13.2 Å². The molecule has 0 aliphatic carbocycles. The van der Waals surface area contributed by atoms with E-state index in [1.165, 1.54) is 0 Å². The molecule has 0 radical (unpaired) electrons. The van der Waals surface area contributed by atoms with Gasteiger partial charge in [-0.1, -0.05) is 0 Å². The molecule has 0 heterocycles. The summed E-state index contributed by atoms with van der Waals surface area (Å²) in [7, 11) is 0. The fraction of sp³-hybridized carbons (Fsp3) is 0.467. The van der Waals surface area contributed by atoms with Gasteiger partial charge in [0.1, 0.15) is 11.5 Å². The Hall–Kier alpha value is -2.02. The number of nitrogens with one attached hydrogen (secondary N) is 3. The van der Waals surface area contributed by atoms with Gasteiger partial charge in [0.25, 0.3) is 5.91 Å². The largest absolute Gasteiger partial charge is 0.494 e. The highest BCUT2D eigenvalue weighted by Gasteiger charge is 2.11. The molecule has 122 valence electrons. The minimum atomic E-state index is -0.327. The highest BCUT2D eigenvalue weighted by atomic mass is 32.1. The zero-order valence-corrected chi connectivity index (χ0v) is 14.2. The predicted molar refractivity (Wildman–Crippen MR) is 89.9 cm³/mol. The first-order valence-electron chi connectivity index (χ1n) is 7.03. The van der Waals surface area contributed by atoms with E-state index in [1.54, 1.807) is 24.3 Å². The van der Waals surface area contributed by atoms with Crippen LogP contribution >= 0.6 is 12.2 Å². The Bertz CT molecular complexity index is 498.